The second-order valence-electron chi connectivity index (χ2n) is 5.98. The molecule has 0 unspecified atom stereocenters. The molecular weight excluding hydrogens is 337 g/mol. The first kappa shape index (κ1) is 17.3. The summed E-state index contributed by atoms with van der Waals surface area (Å²) in [5.41, 5.74) is 1.33. The molecule has 0 saturated heterocycles. The number of alkyl halides is 3. The fraction of sp³-hybridized carbons (Fsp3) is 0.353. The van der Waals surface area contributed by atoms with Gasteiger partial charge in [-0.25, -0.2) is 4.98 Å². The van der Waals surface area contributed by atoms with Gasteiger partial charge < -0.3 is 10.4 Å². The smallest absolute Gasteiger partial charge is 0.373 e. The largest absolute Gasteiger partial charge is 0.433 e. The van der Waals surface area contributed by atoms with Gasteiger partial charge in [-0.05, 0) is 36.1 Å². The normalized spacial score (nSPS) is 17.5. The number of rotatable bonds is 4. The van der Waals surface area contributed by atoms with Gasteiger partial charge in [0.15, 0.2) is 4.93 Å². The highest BCUT2D eigenvalue weighted by molar-refractivity contribution is 7.81. The molecule has 0 amide bonds. The minimum absolute atomic E-state index is 0.00305. The van der Waals surface area contributed by atoms with Crippen molar-refractivity contribution in [1.29, 1.82) is 0 Å². The minimum Gasteiger partial charge on any atom is -0.373 e. The van der Waals surface area contributed by atoms with Gasteiger partial charge in [0.2, 0.25) is 0 Å². The molecule has 0 bridgehead atoms. The zero-order chi connectivity index (χ0) is 17.4. The number of halogens is 3. The zero-order valence-electron chi connectivity index (χ0n) is 12.7. The van der Waals surface area contributed by atoms with E-state index in [4.69, 9.17) is 0 Å². The van der Waals surface area contributed by atoms with Crippen LogP contribution in [-0.4, -0.2) is 22.7 Å². The number of hydrogen-bond donors (Lipinski definition) is 3. The van der Waals surface area contributed by atoms with Crippen molar-refractivity contribution in [2.45, 2.75) is 30.0 Å². The molecule has 24 heavy (non-hydrogen) atoms. The average molecular weight is 354 g/mol. The first-order valence-corrected chi connectivity index (χ1v) is 8.00. The molecule has 0 aliphatic heterocycles. The lowest BCUT2D eigenvalue weighted by molar-refractivity contribution is -0.141. The maximum Gasteiger partial charge on any atom is 0.433 e. The van der Waals surface area contributed by atoms with Crippen molar-refractivity contribution in [3.8, 4) is 0 Å². The lowest BCUT2D eigenvalue weighted by atomic mass is 10.1. The highest BCUT2D eigenvalue weighted by Gasteiger charge is 2.35. The molecular formula is C17H17F3N2OS. The van der Waals surface area contributed by atoms with Crippen LogP contribution in [-0.2, 0) is 24.0 Å². The Labute approximate surface area is 143 Å². The number of thiol groups is 1. The highest BCUT2D eigenvalue weighted by Crippen LogP contribution is 2.31. The number of benzene rings is 1. The molecule has 1 aliphatic rings. The van der Waals surface area contributed by atoms with Gasteiger partial charge in [0, 0.05) is 12.6 Å². The van der Waals surface area contributed by atoms with Crippen LogP contribution >= 0.6 is 12.6 Å². The lowest BCUT2D eigenvalue weighted by Gasteiger charge is -2.25. The van der Waals surface area contributed by atoms with Crippen LogP contribution in [0.2, 0.25) is 0 Å². The van der Waals surface area contributed by atoms with Crippen LogP contribution in [0.1, 0.15) is 22.5 Å². The second-order valence-corrected chi connectivity index (χ2v) is 6.72. The number of nitrogens with one attached hydrogen (secondary N) is 1. The van der Waals surface area contributed by atoms with E-state index in [0.29, 0.717) is 0 Å². The lowest BCUT2D eigenvalue weighted by Crippen LogP contribution is -2.40. The molecule has 3 rings (SSSR count). The van der Waals surface area contributed by atoms with Gasteiger partial charge in [0.05, 0.1) is 5.69 Å². The molecule has 3 nitrogen and oxygen atoms in total. The maximum absolute atomic E-state index is 12.8. The molecule has 2 N–H and O–H groups in total. The molecule has 2 aromatic rings. The van der Waals surface area contributed by atoms with Crippen LogP contribution in [0.5, 0.6) is 0 Å². The minimum atomic E-state index is -4.56. The van der Waals surface area contributed by atoms with Crippen molar-refractivity contribution in [2.24, 2.45) is 0 Å². The molecule has 1 aliphatic carbocycles. The van der Waals surface area contributed by atoms with Crippen LogP contribution in [0.4, 0.5) is 13.2 Å². The standard InChI is InChI=1S/C17H17F3N2OS/c18-17(19,20)15-7-3-6-14(22-15)16(23,24)10-21-13-8-11-4-1-2-5-12(11)9-13/h1-7,13,21,23-24H,8-10H2/t16-/m0/s1. The maximum atomic E-state index is 12.8. The Kier molecular flexibility index (Phi) is 4.59. The van der Waals surface area contributed by atoms with E-state index in [9.17, 15) is 18.3 Å². The van der Waals surface area contributed by atoms with Gasteiger partial charge in [0.1, 0.15) is 5.69 Å². The fourth-order valence-corrected chi connectivity index (χ4v) is 3.11. The SMILES string of the molecule is O[C@](S)(CNC1Cc2ccccc2C1)c1cccc(C(F)(F)F)n1. The Morgan fingerprint density at radius 2 is 1.62 bits per heavy atom. The summed E-state index contributed by atoms with van der Waals surface area (Å²) < 4.78 is 38.3. The van der Waals surface area contributed by atoms with Gasteiger partial charge in [-0.3, -0.25) is 0 Å². The van der Waals surface area contributed by atoms with Crippen LogP contribution in [0, 0.1) is 0 Å². The fourth-order valence-electron chi connectivity index (χ4n) is 2.90. The van der Waals surface area contributed by atoms with Gasteiger partial charge in [-0.2, -0.15) is 13.2 Å². The monoisotopic (exact) mass is 354 g/mol. The molecule has 1 aromatic heterocycles. The van der Waals surface area contributed by atoms with Crippen molar-refractivity contribution in [3.05, 3.63) is 65.0 Å². The van der Waals surface area contributed by atoms with E-state index in [2.05, 4.69) is 35.1 Å². The highest BCUT2D eigenvalue weighted by atomic mass is 32.1. The van der Waals surface area contributed by atoms with E-state index in [1.54, 1.807) is 0 Å². The first-order valence-electron chi connectivity index (χ1n) is 7.55. The molecule has 0 spiro atoms. The van der Waals surface area contributed by atoms with Gasteiger partial charge in [-0.1, -0.05) is 30.3 Å². The van der Waals surface area contributed by atoms with E-state index in [1.165, 1.54) is 23.3 Å². The Morgan fingerprint density at radius 3 is 2.21 bits per heavy atom. The molecule has 0 radical (unpaired) electrons. The van der Waals surface area contributed by atoms with E-state index in [0.717, 1.165) is 18.9 Å². The van der Waals surface area contributed by atoms with Crippen LogP contribution < -0.4 is 5.32 Å². The Hall–Kier alpha value is -1.57. The Morgan fingerprint density at radius 1 is 1.04 bits per heavy atom. The van der Waals surface area contributed by atoms with Crippen LogP contribution in [0.15, 0.2) is 42.5 Å². The summed E-state index contributed by atoms with van der Waals surface area (Å²) >= 11 is 4.12. The summed E-state index contributed by atoms with van der Waals surface area (Å²) in [6.45, 7) is 0.00305. The van der Waals surface area contributed by atoms with Gasteiger partial charge in [-0.15, -0.1) is 12.6 Å². The summed E-state index contributed by atoms with van der Waals surface area (Å²) in [5, 5.41) is 13.6. The molecule has 128 valence electrons. The quantitative estimate of drug-likeness (QED) is 0.584. The van der Waals surface area contributed by atoms with E-state index in [-0.39, 0.29) is 18.3 Å². The van der Waals surface area contributed by atoms with Crippen LogP contribution in [0.25, 0.3) is 0 Å². The first-order chi connectivity index (χ1) is 11.3. The molecule has 1 atom stereocenters. The van der Waals surface area contributed by atoms with Crippen LogP contribution in [0.3, 0.4) is 0 Å². The summed E-state index contributed by atoms with van der Waals surface area (Å²) in [6.07, 6.45) is -2.92. The summed E-state index contributed by atoms with van der Waals surface area (Å²) in [4.78, 5) is 1.73. The third-order valence-electron chi connectivity index (χ3n) is 4.14. The predicted octanol–water partition coefficient (Wildman–Crippen LogP) is 2.93. The number of hydrogen-bond acceptors (Lipinski definition) is 4. The second kappa shape index (κ2) is 6.38. The van der Waals surface area contributed by atoms with Crippen molar-refractivity contribution < 1.29 is 18.3 Å². The van der Waals surface area contributed by atoms with E-state index in [1.807, 2.05) is 12.1 Å². The van der Waals surface area contributed by atoms with Gasteiger partial charge >= 0.3 is 6.18 Å². The Bertz CT molecular complexity index is 709. The topological polar surface area (TPSA) is 45.1 Å². The summed E-state index contributed by atoms with van der Waals surface area (Å²) in [7, 11) is 0. The predicted molar refractivity (Wildman–Crippen MR) is 87.8 cm³/mol. The number of aromatic nitrogens is 1. The van der Waals surface area contributed by atoms with Crippen molar-refractivity contribution in [3.63, 3.8) is 0 Å². The number of pyridine rings is 1. The molecule has 7 heteroatoms. The third-order valence-corrected chi connectivity index (χ3v) is 4.53. The van der Waals surface area contributed by atoms with E-state index < -0.39 is 16.8 Å². The molecule has 0 fully saturated rings. The number of nitrogens with zero attached hydrogens (tertiary/aromatic N) is 1. The average Bonchev–Trinajstić information content (AvgIpc) is 2.95. The molecule has 0 saturated carbocycles. The number of aliphatic hydroxyl groups is 1. The van der Waals surface area contributed by atoms with E-state index >= 15 is 0 Å². The third kappa shape index (κ3) is 3.74. The van der Waals surface area contributed by atoms with Crippen molar-refractivity contribution in [2.75, 3.05) is 6.54 Å². The zero-order valence-corrected chi connectivity index (χ0v) is 13.6. The number of fused-ring (bicyclic) bond motifs is 1. The molecule has 1 heterocycles. The van der Waals surface area contributed by atoms with Crippen molar-refractivity contribution >= 4 is 12.6 Å². The van der Waals surface area contributed by atoms with Crippen molar-refractivity contribution in [1.82, 2.24) is 10.3 Å². The Balaban J connectivity index is 1.67. The summed E-state index contributed by atoms with van der Waals surface area (Å²) in [5.74, 6) is 0. The van der Waals surface area contributed by atoms with Gasteiger partial charge in [0.25, 0.3) is 0 Å². The summed E-state index contributed by atoms with van der Waals surface area (Å²) in [6, 6.07) is 11.6. The molecule has 1 aromatic carbocycles.